The number of methoxy groups -OCH3 is 1. The molecule has 0 bridgehead atoms. The Bertz CT molecular complexity index is 731. The lowest BCUT2D eigenvalue weighted by Crippen LogP contribution is -2.60. The Labute approximate surface area is 171 Å². The zero-order valence-electron chi connectivity index (χ0n) is 17.0. The number of nitrogens with one attached hydrogen (secondary N) is 2. The number of rotatable bonds is 6. The van der Waals surface area contributed by atoms with E-state index in [1.165, 1.54) is 0 Å². The fraction of sp³-hybridized carbons (Fsp3) is 0.550. The summed E-state index contributed by atoms with van der Waals surface area (Å²) in [5.41, 5.74) is 0.613. The molecule has 1 unspecified atom stereocenters. The van der Waals surface area contributed by atoms with Crippen LogP contribution in [0.3, 0.4) is 0 Å². The largest absolute Gasteiger partial charge is 0.497 e. The number of likely N-dealkylation sites (N-methyl/N-ethyl adjacent to an activating group) is 1. The monoisotopic (exact) mass is 403 g/mol. The Kier molecular flexibility index (Phi) is 7.05. The summed E-state index contributed by atoms with van der Waals surface area (Å²) in [5.74, 6) is -0.00976. The summed E-state index contributed by atoms with van der Waals surface area (Å²) in [5, 5.41) is 5.54. The van der Waals surface area contributed by atoms with Crippen molar-refractivity contribution in [1.82, 2.24) is 20.0 Å². The van der Waals surface area contributed by atoms with Crippen molar-refractivity contribution >= 4 is 23.4 Å². The van der Waals surface area contributed by atoms with Crippen LogP contribution in [0.15, 0.2) is 24.3 Å². The quantitative estimate of drug-likeness (QED) is 0.671. The average molecular weight is 403 g/mol. The topological polar surface area (TPSA) is 94.2 Å². The third-order valence-corrected chi connectivity index (χ3v) is 5.36. The van der Waals surface area contributed by atoms with Crippen molar-refractivity contribution in [2.75, 3.05) is 65.3 Å². The molecule has 1 aromatic rings. The summed E-state index contributed by atoms with van der Waals surface area (Å²) < 4.78 is 5.10. The van der Waals surface area contributed by atoms with Gasteiger partial charge < -0.3 is 25.2 Å². The molecule has 0 spiro atoms. The van der Waals surface area contributed by atoms with E-state index < -0.39 is 6.04 Å². The van der Waals surface area contributed by atoms with Gasteiger partial charge in [0.2, 0.25) is 17.7 Å². The average Bonchev–Trinajstić information content (AvgIpc) is 2.71. The second kappa shape index (κ2) is 9.71. The fourth-order valence-electron chi connectivity index (χ4n) is 3.57. The number of carbonyl (C=O) groups is 3. The van der Waals surface area contributed by atoms with Gasteiger partial charge in [-0.2, -0.15) is 0 Å². The van der Waals surface area contributed by atoms with E-state index in [9.17, 15) is 14.4 Å². The van der Waals surface area contributed by atoms with Crippen LogP contribution >= 0.6 is 0 Å². The maximum atomic E-state index is 12.9. The highest BCUT2D eigenvalue weighted by atomic mass is 16.5. The number of amides is 3. The zero-order valence-corrected chi connectivity index (χ0v) is 17.0. The standard InChI is InChI=1S/C20H29N5O4/c1-23-9-11-24(12-10-23)14-19(27)25-8-7-21-20(28)17(25)13-18(26)22-15-3-5-16(29-2)6-4-15/h3-6,17H,7-14H2,1-2H3,(H,21,28)(H,22,26). The lowest BCUT2D eigenvalue weighted by molar-refractivity contribution is -0.145. The Morgan fingerprint density at radius 1 is 1.14 bits per heavy atom. The van der Waals surface area contributed by atoms with Gasteiger partial charge in [-0.1, -0.05) is 0 Å². The molecule has 3 amide bonds. The van der Waals surface area contributed by atoms with Gasteiger partial charge in [-0.05, 0) is 31.3 Å². The van der Waals surface area contributed by atoms with Gasteiger partial charge in [-0.15, -0.1) is 0 Å². The molecule has 2 aliphatic heterocycles. The summed E-state index contributed by atoms with van der Waals surface area (Å²) in [6, 6.07) is 6.16. The van der Waals surface area contributed by atoms with Gasteiger partial charge in [-0.25, -0.2) is 0 Å². The van der Waals surface area contributed by atoms with E-state index in [1.54, 1.807) is 36.3 Å². The van der Waals surface area contributed by atoms with Crippen LogP contribution in [0.1, 0.15) is 6.42 Å². The van der Waals surface area contributed by atoms with Crippen LogP contribution in [0.2, 0.25) is 0 Å². The highest BCUT2D eigenvalue weighted by Crippen LogP contribution is 2.17. The second-order valence-electron chi connectivity index (χ2n) is 7.45. The Morgan fingerprint density at radius 3 is 2.48 bits per heavy atom. The molecule has 158 valence electrons. The lowest BCUT2D eigenvalue weighted by atomic mass is 10.1. The highest BCUT2D eigenvalue weighted by Gasteiger charge is 2.35. The van der Waals surface area contributed by atoms with Gasteiger partial charge in [0, 0.05) is 45.0 Å². The number of anilines is 1. The van der Waals surface area contributed by atoms with E-state index >= 15 is 0 Å². The molecule has 2 saturated heterocycles. The van der Waals surface area contributed by atoms with E-state index in [-0.39, 0.29) is 30.7 Å². The van der Waals surface area contributed by atoms with E-state index in [2.05, 4.69) is 27.5 Å². The summed E-state index contributed by atoms with van der Waals surface area (Å²) in [6.07, 6.45) is -0.0770. The Morgan fingerprint density at radius 2 is 1.83 bits per heavy atom. The molecule has 2 aliphatic rings. The van der Waals surface area contributed by atoms with Crippen molar-refractivity contribution in [2.45, 2.75) is 12.5 Å². The molecule has 0 aliphatic carbocycles. The van der Waals surface area contributed by atoms with Crippen molar-refractivity contribution in [3.63, 3.8) is 0 Å². The Hall–Kier alpha value is -2.65. The minimum absolute atomic E-state index is 0.0770. The van der Waals surface area contributed by atoms with Gasteiger partial charge in [0.05, 0.1) is 20.1 Å². The van der Waals surface area contributed by atoms with Crippen LogP contribution in [0.25, 0.3) is 0 Å². The summed E-state index contributed by atoms with van der Waals surface area (Å²) in [4.78, 5) is 43.6. The van der Waals surface area contributed by atoms with Crippen molar-refractivity contribution in [3.05, 3.63) is 24.3 Å². The molecule has 0 saturated carbocycles. The minimum Gasteiger partial charge on any atom is -0.497 e. The normalized spacial score (nSPS) is 20.8. The third-order valence-electron chi connectivity index (χ3n) is 5.36. The fourth-order valence-corrected chi connectivity index (χ4v) is 3.57. The number of carbonyl (C=O) groups excluding carboxylic acids is 3. The van der Waals surface area contributed by atoms with E-state index in [4.69, 9.17) is 4.74 Å². The molecule has 0 radical (unpaired) electrons. The van der Waals surface area contributed by atoms with Gasteiger partial charge in [0.1, 0.15) is 11.8 Å². The van der Waals surface area contributed by atoms with Gasteiger partial charge >= 0.3 is 0 Å². The van der Waals surface area contributed by atoms with E-state index in [1.807, 2.05) is 0 Å². The highest BCUT2D eigenvalue weighted by molar-refractivity contribution is 5.97. The first kappa shape index (κ1) is 21.1. The number of ether oxygens (including phenoxy) is 1. The van der Waals surface area contributed by atoms with Crippen LogP contribution in [0, 0.1) is 0 Å². The molecule has 3 rings (SSSR count). The van der Waals surface area contributed by atoms with E-state index in [0.717, 1.165) is 26.2 Å². The minimum atomic E-state index is -0.790. The van der Waals surface area contributed by atoms with Gasteiger partial charge in [-0.3, -0.25) is 19.3 Å². The summed E-state index contributed by atoms with van der Waals surface area (Å²) >= 11 is 0. The van der Waals surface area contributed by atoms with Gasteiger partial charge in [0.25, 0.3) is 0 Å². The van der Waals surface area contributed by atoms with Crippen molar-refractivity contribution in [1.29, 1.82) is 0 Å². The smallest absolute Gasteiger partial charge is 0.243 e. The van der Waals surface area contributed by atoms with Crippen LogP contribution < -0.4 is 15.4 Å². The SMILES string of the molecule is COc1ccc(NC(=O)CC2C(=O)NCCN2C(=O)CN2CCN(C)CC2)cc1. The zero-order chi connectivity index (χ0) is 20.8. The Balaban J connectivity index is 1.59. The van der Waals surface area contributed by atoms with E-state index in [0.29, 0.717) is 24.5 Å². The number of nitrogens with zero attached hydrogens (tertiary/aromatic N) is 3. The molecule has 1 aromatic carbocycles. The number of piperazine rings is 2. The van der Waals surface area contributed by atoms with Crippen LogP contribution in [0.5, 0.6) is 5.75 Å². The van der Waals surface area contributed by atoms with Crippen molar-refractivity contribution in [3.8, 4) is 5.75 Å². The number of benzene rings is 1. The molecule has 9 nitrogen and oxygen atoms in total. The first-order valence-electron chi connectivity index (χ1n) is 9.88. The molecule has 9 heteroatoms. The van der Waals surface area contributed by atoms with Crippen LogP contribution in [-0.2, 0) is 14.4 Å². The summed E-state index contributed by atoms with van der Waals surface area (Å²) in [6.45, 7) is 4.58. The maximum Gasteiger partial charge on any atom is 0.243 e. The maximum absolute atomic E-state index is 12.9. The first-order chi connectivity index (χ1) is 14.0. The molecule has 2 fully saturated rings. The molecule has 1 atom stereocenters. The first-order valence-corrected chi connectivity index (χ1v) is 9.88. The number of hydrogen-bond acceptors (Lipinski definition) is 6. The molecule has 2 heterocycles. The molecular formula is C20H29N5O4. The lowest BCUT2D eigenvalue weighted by Gasteiger charge is -2.37. The third kappa shape index (κ3) is 5.68. The molecule has 29 heavy (non-hydrogen) atoms. The molecule has 0 aromatic heterocycles. The number of hydrogen-bond donors (Lipinski definition) is 2. The predicted octanol–water partition coefficient (Wildman–Crippen LogP) is -0.402. The van der Waals surface area contributed by atoms with Gasteiger partial charge in [0.15, 0.2) is 0 Å². The second-order valence-corrected chi connectivity index (χ2v) is 7.45. The predicted molar refractivity (Wildman–Crippen MR) is 109 cm³/mol. The van der Waals surface area contributed by atoms with Crippen LogP contribution in [-0.4, -0.2) is 98.4 Å². The van der Waals surface area contributed by atoms with Crippen molar-refractivity contribution < 1.29 is 19.1 Å². The molecule has 2 N–H and O–H groups in total. The van der Waals surface area contributed by atoms with Crippen LogP contribution in [0.4, 0.5) is 5.69 Å². The molecular weight excluding hydrogens is 374 g/mol. The summed E-state index contributed by atoms with van der Waals surface area (Å²) in [7, 11) is 3.63. The van der Waals surface area contributed by atoms with Crippen molar-refractivity contribution in [2.24, 2.45) is 0 Å².